The Hall–Kier alpha value is -3.31. The summed E-state index contributed by atoms with van der Waals surface area (Å²) in [6, 6.07) is 21.4. The number of halogens is 1. The predicted molar refractivity (Wildman–Crippen MR) is 167 cm³/mol. The molecule has 3 aromatic carbocycles. The Morgan fingerprint density at radius 3 is 2.34 bits per heavy atom. The van der Waals surface area contributed by atoms with Crippen molar-refractivity contribution < 1.29 is 23.0 Å². The quantitative estimate of drug-likeness (QED) is 0.214. The molecule has 5 heteroatoms. The third kappa shape index (κ3) is 9.64. The summed E-state index contributed by atoms with van der Waals surface area (Å²) in [5.74, 6) is 3.69. The molecule has 1 aliphatic rings. The van der Waals surface area contributed by atoms with Gasteiger partial charge in [-0.25, -0.2) is 4.39 Å². The van der Waals surface area contributed by atoms with Gasteiger partial charge in [0.15, 0.2) is 0 Å². The molecule has 1 aliphatic heterocycles. The second-order valence-electron chi connectivity index (χ2n) is 11.0. The second-order valence-corrected chi connectivity index (χ2v) is 11.0. The first-order valence-corrected chi connectivity index (χ1v) is 14.9. The minimum atomic E-state index is -0.171. The van der Waals surface area contributed by atoms with E-state index in [2.05, 4.69) is 71.0 Å². The number of hydrogen-bond acceptors (Lipinski definition) is 4. The normalized spacial score (nSPS) is 14.0. The zero-order valence-corrected chi connectivity index (χ0v) is 25.8. The van der Waals surface area contributed by atoms with Crippen LogP contribution in [0.15, 0.2) is 71.1 Å². The molecular formula is C36H47FO4. The van der Waals surface area contributed by atoms with E-state index < -0.39 is 0 Å². The van der Waals surface area contributed by atoms with Gasteiger partial charge in [-0.05, 0) is 91.6 Å². The van der Waals surface area contributed by atoms with Crippen molar-refractivity contribution in [3.05, 3.63) is 95.0 Å². The van der Waals surface area contributed by atoms with Crippen LogP contribution in [0.2, 0.25) is 0 Å². The standard InChI is InChI=1S/C13H16O.C12H15FO.C11H16O2/c1-4-10-6-5-7-11-8-12(9(2)3)14-13(10)11;1-8(2)11-5-3-9-7-10(13)4-6-12(9)14-11;1-3-13-11-6-4-10(5-7-11)8-9-12-2/h5-9H,4H2,1-3H3;4,6-8,11H,3,5H2,1-2H3;4-7H,3,8-9H2,1-2H3. The molecule has 0 amide bonds. The first kappa shape index (κ1) is 32.2. The van der Waals surface area contributed by atoms with Crippen molar-refractivity contribution in [3.63, 3.8) is 0 Å². The second kappa shape index (κ2) is 16.2. The number of para-hydroxylation sites is 1. The molecule has 4 aromatic rings. The summed E-state index contributed by atoms with van der Waals surface area (Å²) >= 11 is 0. The molecule has 5 rings (SSSR count). The Morgan fingerprint density at radius 1 is 0.951 bits per heavy atom. The molecule has 222 valence electrons. The zero-order chi connectivity index (χ0) is 29.8. The molecular weight excluding hydrogens is 515 g/mol. The van der Waals surface area contributed by atoms with Crippen LogP contribution in [0.1, 0.15) is 76.3 Å². The lowest BCUT2D eigenvalue weighted by molar-refractivity contribution is 0.127. The molecule has 4 nitrogen and oxygen atoms in total. The van der Waals surface area contributed by atoms with Crippen molar-refractivity contribution in [2.24, 2.45) is 5.92 Å². The largest absolute Gasteiger partial charge is 0.494 e. The van der Waals surface area contributed by atoms with Gasteiger partial charge in [-0.15, -0.1) is 0 Å². The molecule has 0 N–H and O–H groups in total. The fourth-order valence-corrected chi connectivity index (χ4v) is 4.69. The molecule has 0 bridgehead atoms. The van der Waals surface area contributed by atoms with Gasteiger partial charge in [0, 0.05) is 18.4 Å². The van der Waals surface area contributed by atoms with Gasteiger partial charge in [-0.2, -0.15) is 0 Å². The highest BCUT2D eigenvalue weighted by Gasteiger charge is 2.22. The van der Waals surface area contributed by atoms with E-state index in [1.54, 1.807) is 19.2 Å². The van der Waals surface area contributed by atoms with Crippen molar-refractivity contribution in [2.75, 3.05) is 20.3 Å². The van der Waals surface area contributed by atoms with E-state index in [1.165, 1.54) is 22.6 Å². The topological polar surface area (TPSA) is 40.8 Å². The Balaban J connectivity index is 0.000000169. The lowest BCUT2D eigenvalue weighted by Gasteiger charge is -2.28. The molecule has 2 heterocycles. The molecule has 0 spiro atoms. The lowest BCUT2D eigenvalue weighted by Crippen LogP contribution is -2.27. The van der Waals surface area contributed by atoms with Gasteiger partial charge in [0.25, 0.3) is 0 Å². The number of methoxy groups -OCH3 is 1. The highest BCUT2D eigenvalue weighted by molar-refractivity contribution is 5.81. The van der Waals surface area contributed by atoms with Gasteiger partial charge in [0.2, 0.25) is 0 Å². The van der Waals surface area contributed by atoms with Gasteiger partial charge in [-0.1, -0.05) is 65.0 Å². The fourth-order valence-electron chi connectivity index (χ4n) is 4.69. The number of benzene rings is 3. The molecule has 0 saturated heterocycles. The number of furan rings is 1. The third-order valence-electron chi connectivity index (χ3n) is 7.17. The molecule has 0 radical (unpaired) electrons. The SMILES string of the molecule is CC(C)C1CCc2cc(F)ccc2O1.CCOc1ccc(CCOC)cc1.CCc1cccc2cc(C(C)C)oc12. The van der Waals surface area contributed by atoms with Crippen molar-refractivity contribution in [2.45, 2.75) is 79.2 Å². The van der Waals surface area contributed by atoms with Crippen molar-refractivity contribution in [3.8, 4) is 11.5 Å². The van der Waals surface area contributed by atoms with Gasteiger partial charge in [0.05, 0.1) is 13.2 Å². The van der Waals surface area contributed by atoms with E-state index in [0.717, 1.165) is 67.3 Å². The average molecular weight is 563 g/mol. The van der Waals surface area contributed by atoms with E-state index in [0.29, 0.717) is 11.8 Å². The Labute approximate surface area is 245 Å². The summed E-state index contributed by atoms with van der Waals surface area (Å²) in [7, 11) is 1.72. The highest BCUT2D eigenvalue weighted by atomic mass is 19.1. The van der Waals surface area contributed by atoms with Crippen LogP contribution in [0, 0.1) is 11.7 Å². The molecule has 1 unspecified atom stereocenters. The van der Waals surface area contributed by atoms with Gasteiger partial charge < -0.3 is 18.6 Å². The number of aryl methyl sites for hydroxylation is 2. The Kier molecular flexibility index (Phi) is 12.7. The van der Waals surface area contributed by atoms with Crippen LogP contribution in [0.4, 0.5) is 4.39 Å². The number of ether oxygens (including phenoxy) is 3. The summed E-state index contributed by atoms with van der Waals surface area (Å²) < 4.78 is 34.9. The first-order chi connectivity index (χ1) is 19.7. The Morgan fingerprint density at radius 2 is 1.71 bits per heavy atom. The summed E-state index contributed by atoms with van der Waals surface area (Å²) in [6.07, 6.45) is 4.20. The van der Waals surface area contributed by atoms with Gasteiger partial charge in [0.1, 0.15) is 34.8 Å². The number of fused-ring (bicyclic) bond motifs is 2. The molecule has 1 atom stereocenters. The molecule has 0 fully saturated rings. The van der Waals surface area contributed by atoms with Crippen LogP contribution < -0.4 is 9.47 Å². The lowest BCUT2D eigenvalue weighted by atomic mass is 9.96. The van der Waals surface area contributed by atoms with E-state index in [9.17, 15) is 4.39 Å². The maximum absolute atomic E-state index is 12.9. The van der Waals surface area contributed by atoms with Crippen molar-refractivity contribution in [1.82, 2.24) is 0 Å². The van der Waals surface area contributed by atoms with Crippen molar-refractivity contribution in [1.29, 1.82) is 0 Å². The predicted octanol–water partition coefficient (Wildman–Crippen LogP) is 9.57. The van der Waals surface area contributed by atoms with Crippen molar-refractivity contribution >= 4 is 11.0 Å². The Bertz CT molecular complexity index is 1320. The maximum Gasteiger partial charge on any atom is 0.137 e. The monoisotopic (exact) mass is 562 g/mol. The zero-order valence-electron chi connectivity index (χ0n) is 25.8. The number of rotatable bonds is 8. The van der Waals surface area contributed by atoms with E-state index >= 15 is 0 Å². The third-order valence-corrected chi connectivity index (χ3v) is 7.17. The van der Waals surface area contributed by atoms with E-state index in [-0.39, 0.29) is 11.9 Å². The van der Waals surface area contributed by atoms with Crippen LogP contribution in [0.3, 0.4) is 0 Å². The van der Waals surface area contributed by atoms with E-state index in [1.807, 2.05) is 19.1 Å². The van der Waals surface area contributed by atoms with Gasteiger partial charge >= 0.3 is 0 Å². The smallest absolute Gasteiger partial charge is 0.137 e. The fraction of sp³-hybridized carbons (Fsp3) is 0.444. The summed E-state index contributed by atoms with van der Waals surface area (Å²) in [5.41, 5.74) is 4.65. The minimum absolute atomic E-state index is 0.171. The summed E-state index contributed by atoms with van der Waals surface area (Å²) in [5, 5.41) is 1.23. The summed E-state index contributed by atoms with van der Waals surface area (Å²) in [6.45, 7) is 14.3. The average Bonchev–Trinajstić information content (AvgIpc) is 3.43. The first-order valence-electron chi connectivity index (χ1n) is 14.9. The maximum atomic E-state index is 12.9. The molecule has 1 aromatic heterocycles. The number of hydrogen-bond donors (Lipinski definition) is 0. The van der Waals surface area contributed by atoms with Crippen LogP contribution in [-0.2, 0) is 24.0 Å². The molecule has 0 aliphatic carbocycles. The van der Waals surface area contributed by atoms with Crippen LogP contribution in [-0.4, -0.2) is 26.4 Å². The highest BCUT2D eigenvalue weighted by Crippen LogP contribution is 2.30. The van der Waals surface area contributed by atoms with Crippen LogP contribution >= 0.6 is 0 Å². The molecule has 41 heavy (non-hydrogen) atoms. The van der Waals surface area contributed by atoms with Crippen LogP contribution in [0.25, 0.3) is 11.0 Å². The van der Waals surface area contributed by atoms with E-state index in [4.69, 9.17) is 18.6 Å². The minimum Gasteiger partial charge on any atom is -0.494 e. The molecule has 0 saturated carbocycles. The van der Waals surface area contributed by atoms with Gasteiger partial charge in [-0.3, -0.25) is 0 Å². The van der Waals surface area contributed by atoms with Crippen LogP contribution in [0.5, 0.6) is 11.5 Å². The summed E-state index contributed by atoms with van der Waals surface area (Å²) in [4.78, 5) is 0.